The lowest BCUT2D eigenvalue weighted by Gasteiger charge is -2.39. The third kappa shape index (κ3) is 4.32. The Morgan fingerprint density at radius 2 is 1.21 bits per heavy atom. The number of benzene rings is 5. The van der Waals surface area contributed by atoms with Gasteiger partial charge in [0.1, 0.15) is 0 Å². The van der Waals surface area contributed by atoms with Gasteiger partial charge in [0.2, 0.25) is 0 Å². The SMILES string of the molecule is C1=CC2=C(c3ccc(-c4ccccc4)cc3)C3=C(C=CCC3)C(c3cccc(-c4ccc5ccccc5c4)c3)C2C=C1. The molecule has 0 aromatic heterocycles. The van der Waals surface area contributed by atoms with E-state index in [1.165, 1.54) is 66.4 Å². The molecule has 2 atom stereocenters. The van der Waals surface area contributed by atoms with Gasteiger partial charge in [0.25, 0.3) is 0 Å². The zero-order valence-electron chi connectivity index (χ0n) is 23.6. The summed E-state index contributed by atoms with van der Waals surface area (Å²) in [7, 11) is 0. The first-order valence-corrected chi connectivity index (χ1v) is 15.1. The van der Waals surface area contributed by atoms with E-state index in [-0.39, 0.29) is 0 Å². The zero-order chi connectivity index (χ0) is 27.9. The maximum atomic E-state index is 2.44. The molecule has 0 amide bonds. The molecule has 0 heteroatoms. The summed E-state index contributed by atoms with van der Waals surface area (Å²) in [6.07, 6.45) is 16.2. The molecule has 42 heavy (non-hydrogen) atoms. The average molecular weight is 537 g/mol. The fraction of sp³-hybridized carbons (Fsp3) is 0.0952. The summed E-state index contributed by atoms with van der Waals surface area (Å²) < 4.78 is 0. The molecule has 5 aromatic rings. The van der Waals surface area contributed by atoms with Crippen molar-refractivity contribution in [2.24, 2.45) is 5.92 Å². The Morgan fingerprint density at radius 3 is 2.10 bits per heavy atom. The number of allylic oxidation sites excluding steroid dienone is 10. The molecule has 3 aliphatic rings. The van der Waals surface area contributed by atoms with Gasteiger partial charge in [0.15, 0.2) is 0 Å². The van der Waals surface area contributed by atoms with E-state index in [9.17, 15) is 0 Å². The van der Waals surface area contributed by atoms with Gasteiger partial charge < -0.3 is 0 Å². The number of hydrogen-bond donors (Lipinski definition) is 0. The highest BCUT2D eigenvalue weighted by Crippen LogP contribution is 2.52. The fourth-order valence-corrected chi connectivity index (χ4v) is 7.18. The first-order chi connectivity index (χ1) is 20.8. The van der Waals surface area contributed by atoms with Crippen LogP contribution in [0, 0.1) is 5.92 Å². The largest absolute Gasteiger partial charge is 0.0839 e. The monoisotopic (exact) mass is 536 g/mol. The lowest BCUT2D eigenvalue weighted by Crippen LogP contribution is -2.24. The predicted octanol–water partition coefficient (Wildman–Crippen LogP) is 11.1. The summed E-state index contributed by atoms with van der Waals surface area (Å²) in [6, 6.07) is 44.6. The van der Waals surface area contributed by atoms with Crippen LogP contribution in [0.4, 0.5) is 0 Å². The fourth-order valence-electron chi connectivity index (χ4n) is 7.18. The first-order valence-electron chi connectivity index (χ1n) is 15.1. The predicted molar refractivity (Wildman–Crippen MR) is 178 cm³/mol. The molecule has 200 valence electrons. The molecular formula is C42H32. The lowest BCUT2D eigenvalue weighted by molar-refractivity contribution is 0.636. The van der Waals surface area contributed by atoms with Gasteiger partial charge in [0.05, 0.1) is 0 Å². The van der Waals surface area contributed by atoms with Gasteiger partial charge in [-0.15, -0.1) is 0 Å². The highest BCUT2D eigenvalue weighted by molar-refractivity contribution is 5.90. The number of fused-ring (bicyclic) bond motifs is 2. The van der Waals surface area contributed by atoms with E-state index in [1.807, 2.05) is 0 Å². The van der Waals surface area contributed by atoms with E-state index in [1.54, 1.807) is 0 Å². The van der Waals surface area contributed by atoms with Gasteiger partial charge >= 0.3 is 0 Å². The van der Waals surface area contributed by atoms with Crippen molar-refractivity contribution in [1.29, 1.82) is 0 Å². The molecule has 0 N–H and O–H groups in total. The first kappa shape index (κ1) is 24.8. The Morgan fingerprint density at radius 1 is 0.500 bits per heavy atom. The molecule has 0 saturated carbocycles. The summed E-state index contributed by atoms with van der Waals surface area (Å²) >= 11 is 0. The molecule has 8 rings (SSSR count). The van der Waals surface area contributed by atoms with Gasteiger partial charge in [-0.1, -0.05) is 152 Å². The smallest absolute Gasteiger partial charge is 0.0196 e. The molecule has 0 saturated heterocycles. The van der Waals surface area contributed by atoms with E-state index in [2.05, 4.69) is 158 Å². The van der Waals surface area contributed by atoms with Crippen LogP contribution in [0.25, 0.3) is 38.6 Å². The van der Waals surface area contributed by atoms with Gasteiger partial charge in [0, 0.05) is 11.8 Å². The van der Waals surface area contributed by atoms with Gasteiger partial charge in [-0.05, 0) is 85.4 Å². The van der Waals surface area contributed by atoms with Crippen molar-refractivity contribution >= 4 is 16.3 Å². The second-order valence-electron chi connectivity index (χ2n) is 11.6. The minimum Gasteiger partial charge on any atom is -0.0839 e. The van der Waals surface area contributed by atoms with Crippen molar-refractivity contribution in [3.63, 3.8) is 0 Å². The Kier molecular flexibility index (Phi) is 6.19. The van der Waals surface area contributed by atoms with Crippen molar-refractivity contribution in [3.05, 3.63) is 186 Å². The average Bonchev–Trinajstić information content (AvgIpc) is 3.07. The van der Waals surface area contributed by atoms with Crippen LogP contribution in [-0.4, -0.2) is 0 Å². The van der Waals surface area contributed by atoms with Crippen LogP contribution in [0.2, 0.25) is 0 Å². The molecule has 0 fully saturated rings. The highest BCUT2D eigenvalue weighted by atomic mass is 14.4. The molecule has 0 bridgehead atoms. The second kappa shape index (κ2) is 10.5. The van der Waals surface area contributed by atoms with E-state index < -0.39 is 0 Å². The van der Waals surface area contributed by atoms with Crippen molar-refractivity contribution in [3.8, 4) is 22.3 Å². The third-order valence-corrected chi connectivity index (χ3v) is 9.17. The molecule has 3 aliphatic carbocycles. The van der Waals surface area contributed by atoms with Crippen LogP contribution < -0.4 is 0 Å². The highest BCUT2D eigenvalue weighted by Gasteiger charge is 2.36. The Bertz CT molecular complexity index is 1960. The summed E-state index contributed by atoms with van der Waals surface area (Å²) in [4.78, 5) is 0. The topological polar surface area (TPSA) is 0 Å². The van der Waals surface area contributed by atoms with Crippen LogP contribution in [0.1, 0.15) is 29.9 Å². The molecule has 2 unspecified atom stereocenters. The molecule has 0 heterocycles. The normalized spacial score (nSPS) is 19.2. The van der Waals surface area contributed by atoms with Crippen molar-refractivity contribution in [2.45, 2.75) is 18.8 Å². The standard InChI is InChI=1S/C42H32/c1-2-11-29(12-3-1)31-21-24-32(25-22-31)41-37-17-6-8-19-39(37)42(40-20-9-7-18-38(40)41)36-16-10-15-34(28-36)35-26-23-30-13-4-5-14-33(30)27-35/h1-6,8-17,19-28,39,42H,7,18H2. The molecule has 5 aromatic carbocycles. The quantitative estimate of drug-likeness (QED) is 0.214. The van der Waals surface area contributed by atoms with Crippen molar-refractivity contribution < 1.29 is 0 Å². The van der Waals surface area contributed by atoms with E-state index in [0.29, 0.717) is 11.8 Å². The van der Waals surface area contributed by atoms with Crippen LogP contribution in [0.15, 0.2) is 175 Å². The second-order valence-corrected chi connectivity index (χ2v) is 11.6. The van der Waals surface area contributed by atoms with E-state index >= 15 is 0 Å². The van der Waals surface area contributed by atoms with Crippen molar-refractivity contribution in [1.82, 2.24) is 0 Å². The number of hydrogen-bond acceptors (Lipinski definition) is 0. The van der Waals surface area contributed by atoms with Gasteiger partial charge in [-0.3, -0.25) is 0 Å². The Labute approximate surface area is 248 Å². The molecular weight excluding hydrogens is 504 g/mol. The number of rotatable bonds is 4. The van der Waals surface area contributed by atoms with Crippen LogP contribution in [0.3, 0.4) is 0 Å². The summed E-state index contributed by atoms with van der Waals surface area (Å²) in [5, 5.41) is 2.57. The van der Waals surface area contributed by atoms with Crippen LogP contribution >= 0.6 is 0 Å². The summed E-state index contributed by atoms with van der Waals surface area (Å²) in [6.45, 7) is 0. The minimum atomic E-state index is 0.292. The Balaban J connectivity index is 1.23. The molecule has 0 radical (unpaired) electrons. The summed E-state index contributed by atoms with van der Waals surface area (Å²) in [5.74, 6) is 0.590. The van der Waals surface area contributed by atoms with Gasteiger partial charge in [-0.2, -0.15) is 0 Å². The van der Waals surface area contributed by atoms with E-state index in [4.69, 9.17) is 0 Å². The maximum absolute atomic E-state index is 2.44. The Hall–Kier alpha value is -4.94. The van der Waals surface area contributed by atoms with Crippen LogP contribution in [-0.2, 0) is 0 Å². The third-order valence-electron chi connectivity index (χ3n) is 9.17. The summed E-state index contributed by atoms with van der Waals surface area (Å²) in [5.41, 5.74) is 13.7. The molecule has 0 spiro atoms. The molecule has 0 nitrogen and oxygen atoms in total. The van der Waals surface area contributed by atoms with E-state index in [0.717, 1.165) is 12.8 Å². The lowest BCUT2D eigenvalue weighted by atomic mass is 9.64. The van der Waals surface area contributed by atoms with Crippen LogP contribution in [0.5, 0.6) is 0 Å². The zero-order valence-corrected chi connectivity index (χ0v) is 23.6. The van der Waals surface area contributed by atoms with Crippen molar-refractivity contribution in [2.75, 3.05) is 0 Å². The minimum absolute atomic E-state index is 0.292. The molecule has 0 aliphatic heterocycles. The van der Waals surface area contributed by atoms with Gasteiger partial charge in [-0.25, -0.2) is 0 Å². The maximum Gasteiger partial charge on any atom is 0.0196 e.